The van der Waals surface area contributed by atoms with Gasteiger partial charge in [0.1, 0.15) is 17.4 Å². The number of fused-ring (bicyclic) bond motifs is 1. The second-order valence-electron chi connectivity index (χ2n) is 4.53. The Morgan fingerprint density at radius 2 is 1.81 bits per heavy atom. The van der Waals surface area contributed by atoms with E-state index in [0.29, 0.717) is 16.6 Å². The first-order valence-electron chi connectivity index (χ1n) is 6.03. The minimum absolute atomic E-state index is 0.106. The van der Waals surface area contributed by atoms with Crippen LogP contribution in [0.5, 0.6) is 0 Å². The Morgan fingerprint density at radius 3 is 2.43 bits per heavy atom. The van der Waals surface area contributed by atoms with Gasteiger partial charge in [0.25, 0.3) is 0 Å². The molecule has 2 aromatic carbocycles. The van der Waals surface area contributed by atoms with Gasteiger partial charge >= 0.3 is 0 Å². The van der Waals surface area contributed by atoms with Crippen LogP contribution in [0.15, 0.2) is 30.3 Å². The molecule has 0 amide bonds. The van der Waals surface area contributed by atoms with Crippen molar-refractivity contribution >= 4 is 11.0 Å². The summed E-state index contributed by atoms with van der Waals surface area (Å²) in [4.78, 5) is 4.25. The number of hydrogen-bond donors (Lipinski definition) is 0. The van der Waals surface area contributed by atoms with Crippen LogP contribution in [0.3, 0.4) is 0 Å². The predicted molar refractivity (Wildman–Crippen MR) is 70.7 cm³/mol. The summed E-state index contributed by atoms with van der Waals surface area (Å²) in [5.41, 5.74) is 1.54. The first-order chi connectivity index (χ1) is 10.0. The zero-order chi connectivity index (χ0) is 15.1. The molecule has 104 valence electrons. The fourth-order valence-corrected chi connectivity index (χ4v) is 2.25. The van der Waals surface area contributed by atoms with Crippen LogP contribution < -0.4 is 0 Å². The topological polar surface area (TPSA) is 41.6 Å². The first kappa shape index (κ1) is 13.2. The van der Waals surface area contributed by atoms with Gasteiger partial charge in [0.2, 0.25) is 0 Å². The van der Waals surface area contributed by atoms with E-state index in [2.05, 4.69) is 4.98 Å². The van der Waals surface area contributed by atoms with Gasteiger partial charge in [0.15, 0.2) is 17.5 Å². The van der Waals surface area contributed by atoms with Crippen LogP contribution in [0, 0.1) is 28.8 Å². The summed E-state index contributed by atoms with van der Waals surface area (Å²) < 4.78 is 41.3. The maximum atomic E-state index is 13.4. The third-order valence-electron chi connectivity index (χ3n) is 3.27. The SMILES string of the molecule is Cn1c(-c2cc(F)c(F)c(F)c2)nc2c(C#N)cccc21. The molecule has 0 spiro atoms. The molecule has 3 aromatic rings. The monoisotopic (exact) mass is 287 g/mol. The molecule has 3 rings (SSSR count). The van der Waals surface area contributed by atoms with Crippen molar-refractivity contribution in [3.63, 3.8) is 0 Å². The van der Waals surface area contributed by atoms with Gasteiger partial charge in [0, 0.05) is 12.6 Å². The maximum absolute atomic E-state index is 13.4. The van der Waals surface area contributed by atoms with Gasteiger partial charge in [-0.05, 0) is 24.3 Å². The van der Waals surface area contributed by atoms with Gasteiger partial charge in [0.05, 0.1) is 11.1 Å². The van der Waals surface area contributed by atoms with Crippen molar-refractivity contribution < 1.29 is 13.2 Å². The van der Waals surface area contributed by atoms with Crippen LogP contribution in [0.25, 0.3) is 22.4 Å². The quantitative estimate of drug-likeness (QED) is 0.642. The van der Waals surface area contributed by atoms with Gasteiger partial charge in [-0.25, -0.2) is 18.2 Å². The van der Waals surface area contributed by atoms with Crippen LogP contribution in [0.2, 0.25) is 0 Å². The Labute approximate surface area is 117 Å². The Hall–Kier alpha value is -2.81. The van der Waals surface area contributed by atoms with Gasteiger partial charge in [-0.2, -0.15) is 5.26 Å². The highest BCUT2D eigenvalue weighted by Gasteiger charge is 2.17. The number of halogens is 3. The number of nitrogens with zero attached hydrogens (tertiary/aromatic N) is 3. The molecule has 0 saturated heterocycles. The molecule has 0 radical (unpaired) electrons. The van der Waals surface area contributed by atoms with Gasteiger partial charge in [-0.15, -0.1) is 0 Å². The average Bonchev–Trinajstić information content (AvgIpc) is 2.81. The van der Waals surface area contributed by atoms with Crippen molar-refractivity contribution in [2.24, 2.45) is 7.05 Å². The molecular formula is C15H8F3N3. The van der Waals surface area contributed by atoms with Crippen molar-refractivity contribution in [2.45, 2.75) is 0 Å². The number of benzene rings is 2. The minimum Gasteiger partial charge on any atom is -0.327 e. The van der Waals surface area contributed by atoms with Crippen LogP contribution in [0.1, 0.15) is 5.56 Å². The molecular weight excluding hydrogens is 279 g/mol. The Kier molecular flexibility index (Phi) is 2.91. The highest BCUT2D eigenvalue weighted by molar-refractivity contribution is 5.85. The molecule has 0 N–H and O–H groups in total. The summed E-state index contributed by atoms with van der Waals surface area (Å²) in [5.74, 6) is -3.82. The van der Waals surface area contributed by atoms with Gasteiger partial charge < -0.3 is 4.57 Å². The fraction of sp³-hybridized carbons (Fsp3) is 0.0667. The number of rotatable bonds is 1. The molecule has 3 nitrogen and oxygen atoms in total. The molecule has 1 heterocycles. The van der Waals surface area contributed by atoms with Crippen LogP contribution in [0.4, 0.5) is 13.2 Å². The van der Waals surface area contributed by atoms with E-state index in [0.717, 1.165) is 12.1 Å². The van der Waals surface area contributed by atoms with Crippen molar-refractivity contribution in [1.29, 1.82) is 5.26 Å². The van der Waals surface area contributed by atoms with Crippen LogP contribution in [-0.4, -0.2) is 9.55 Å². The zero-order valence-electron chi connectivity index (χ0n) is 10.9. The molecule has 0 atom stereocenters. The van der Waals surface area contributed by atoms with E-state index in [1.54, 1.807) is 29.8 Å². The van der Waals surface area contributed by atoms with E-state index in [1.165, 1.54) is 0 Å². The molecule has 0 saturated carbocycles. The third-order valence-corrected chi connectivity index (χ3v) is 3.27. The average molecular weight is 287 g/mol. The normalized spacial score (nSPS) is 10.8. The van der Waals surface area contributed by atoms with E-state index in [1.807, 2.05) is 6.07 Å². The van der Waals surface area contributed by atoms with E-state index in [4.69, 9.17) is 5.26 Å². The van der Waals surface area contributed by atoms with Gasteiger partial charge in [-0.1, -0.05) is 6.07 Å². The van der Waals surface area contributed by atoms with Crippen LogP contribution >= 0.6 is 0 Å². The highest BCUT2D eigenvalue weighted by atomic mass is 19.2. The number of aryl methyl sites for hydroxylation is 1. The van der Waals surface area contributed by atoms with Gasteiger partial charge in [-0.3, -0.25) is 0 Å². The second kappa shape index (κ2) is 4.63. The number of para-hydroxylation sites is 1. The third kappa shape index (κ3) is 1.94. The molecule has 1 aromatic heterocycles. The van der Waals surface area contributed by atoms with E-state index in [9.17, 15) is 13.2 Å². The second-order valence-corrected chi connectivity index (χ2v) is 4.53. The number of aromatic nitrogens is 2. The molecule has 0 aliphatic carbocycles. The lowest BCUT2D eigenvalue weighted by Gasteiger charge is -2.04. The summed E-state index contributed by atoms with van der Waals surface area (Å²) in [6.07, 6.45) is 0. The lowest BCUT2D eigenvalue weighted by Crippen LogP contribution is -1.96. The highest BCUT2D eigenvalue weighted by Crippen LogP contribution is 2.27. The molecule has 0 unspecified atom stereocenters. The molecule has 0 aliphatic heterocycles. The van der Waals surface area contributed by atoms with Crippen molar-refractivity contribution in [2.75, 3.05) is 0 Å². The first-order valence-corrected chi connectivity index (χ1v) is 6.03. The molecule has 0 aliphatic rings. The van der Waals surface area contributed by atoms with E-state index < -0.39 is 17.5 Å². The van der Waals surface area contributed by atoms with E-state index in [-0.39, 0.29) is 11.4 Å². The van der Waals surface area contributed by atoms with Crippen LogP contribution in [-0.2, 0) is 7.05 Å². The lowest BCUT2D eigenvalue weighted by atomic mass is 10.2. The summed E-state index contributed by atoms with van der Waals surface area (Å²) in [7, 11) is 1.66. The molecule has 6 heteroatoms. The predicted octanol–water partition coefficient (Wildman–Crippen LogP) is 3.53. The summed E-state index contributed by atoms with van der Waals surface area (Å²) >= 11 is 0. The molecule has 21 heavy (non-hydrogen) atoms. The number of imidazole rings is 1. The largest absolute Gasteiger partial charge is 0.327 e. The standard InChI is InChI=1S/C15H8F3N3/c1-21-12-4-2-3-8(7-19)14(12)20-15(21)9-5-10(16)13(18)11(17)6-9/h2-6H,1H3. The Balaban J connectivity index is 2.32. The number of hydrogen-bond acceptors (Lipinski definition) is 2. The summed E-state index contributed by atoms with van der Waals surface area (Å²) in [6.45, 7) is 0. The van der Waals surface area contributed by atoms with Crippen molar-refractivity contribution in [3.8, 4) is 17.5 Å². The summed E-state index contributed by atoms with van der Waals surface area (Å²) in [6, 6.07) is 8.80. The van der Waals surface area contributed by atoms with Crippen molar-refractivity contribution in [1.82, 2.24) is 9.55 Å². The zero-order valence-corrected chi connectivity index (χ0v) is 10.9. The van der Waals surface area contributed by atoms with E-state index >= 15 is 0 Å². The fourth-order valence-electron chi connectivity index (χ4n) is 2.25. The maximum Gasteiger partial charge on any atom is 0.194 e. The lowest BCUT2D eigenvalue weighted by molar-refractivity contribution is 0.447. The Bertz CT molecular complexity index is 883. The molecule has 0 bridgehead atoms. The number of nitriles is 1. The smallest absolute Gasteiger partial charge is 0.194 e. The molecule has 0 fully saturated rings. The summed E-state index contributed by atoms with van der Waals surface area (Å²) in [5, 5.41) is 9.06. The minimum atomic E-state index is -1.52. The van der Waals surface area contributed by atoms with Crippen molar-refractivity contribution in [3.05, 3.63) is 53.3 Å². The Morgan fingerprint density at radius 1 is 1.14 bits per heavy atom.